The second kappa shape index (κ2) is 3.74. The number of hydrogen-bond acceptors (Lipinski definition) is 2. The minimum absolute atomic E-state index is 0.0311. The summed E-state index contributed by atoms with van der Waals surface area (Å²) in [6.45, 7) is 5.49. The molecular formula is C12H13O2. The monoisotopic (exact) mass is 189 g/mol. The molecule has 0 aromatic heterocycles. The van der Waals surface area contributed by atoms with E-state index >= 15 is 0 Å². The summed E-state index contributed by atoms with van der Waals surface area (Å²) < 4.78 is 0. The van der Waals surface area contributed by atoms with E-state index in [0.717, 1.165) is 0 Å². The summed E-state index contributed by atoms with van der Waals surface area (Å²) in [5.74, 6) is -0.0311. The van der Waals surface area contributed by atoms with Crippen LogP contribution in [0.15, 0.2) is 24.3 Å². The molecule has 14 heavy (non-hydrogen) atoms. The van der Waals surface area contributed by atoms with Gasteiger partial charge in [0, 0.05) is 16.5 Å². The van der Waals surface area contributed by atoms with Crippen molar-refractivity contribution in [2.45, 2.75) is 20.8 Å². The van der Waals surface area contributed by atoms with E-state index < -0.39 is 5.41 Å². The van der Waals surface area contributed by atoms with Gasteiger partial charge in [-0.15, -0.1) is 0 Å². The molecule has 0 bridgehead atoms. The summed E-state index contributed by atoms with van der Waals surface area (Å²) in [5, 5.41) is 0. The van der Waals surface area contributed by atoms with Gasteiger partial charge in [0.15, 0.2) is 5.78 Å². The van der Waals surface area contributed by atoms with Gasteiger partial charge in [-0.2, -0.15) is 0 Å². The lowest BCUT2D eigenvalue weighted by molar-refractivity contribution is 0.0858. The minimum atomic E-state index is -0.465. The largest absolute Gasteiger partial charge is 0.294 e. The van der Waals surface area contributed by atoms with Crippen LogP contribution in [0.4, 0.5) is 0 Å². The highest BCUT2D eigenvalue weighted by Crippen LogP contribution is 2.22. The van der Waals surface area contributed by atoms with Crippen molar-refractivity contribution in [3.63, 3.8) is 0 Å². The molecule has 1 aromatic carbocycles. The van der Waals surface area contributed by atoms with Crippen molar-refractivity contribution in [1.29, 1.82) is 0 Å². The van der Waals surface area contributed by atoms with Gasteiger partial charge < -0.3 is 0 Å². The molecule has 0 N–H and O–H groups in total. The molecule has 0 spiro atoms. The third-order valence-corrected chi connectivity index (χ3v) is 1.96. The number of ketones is 1. The van der Waals surface area contributed by atoms with Crippen LogP contribution < -0.4 is 0 Å². The maximum absolute atomic E-state index is 11.9. The smallest absolute Gasteiger partial charge is 0.234 e. The quantitative estimate of drug-likeness (QED) is 0.669. The number of rotatable bonds is 2. The summed E-state index contributed by atoms with van der Waals surface area (Å²) >= 11 is 0. The van der Waals surface area contributed by atoms with Gasteiger partial charge in [0.05, 0.1) is 0 Å². The average molecular weight is 189 g/mol. The van der Waals surface area contributed by atoms with Crippen LogP contribution in [-0.2, 0) is 4.79 Å². The number of carbonyl (C=O) groups excluding carboxylic acids is 2. The Morgan fingerprint density at radius 2 is 1.79 bits per heavy atom. The molecule has 0 aliphatic rings. The Morgan fingerprint density at radius 3 is 2.29 bits per heavy atom. The molecule has 73 valence electrons. The predicted molar refractivity (Wildman–Crippen MR) is 55.0 cm³/mol. The Balaban J connectivity index is 3.19. The standard InChI is InChI=1S/C12H13O2/c1-12(2,3)11(14)10-7-5-4-6-9(10)8-13/h4-7H,1-3H3. The number of carbonyl (C=O) groups is 1. The van der Waals surface area contributed by atoms with E-state index in [1.165, 1.54) is 0 Å². The molecule has 0 aliphatic carbocycles. The van der Waals surface area contributed by atoms with Crippen LogP contribution in [0.5, 0.6) is 0 Å². The lowest BCUT2D eigenvalue weighted by Gasteiger charge is -2.17. The van der Waals surface area contributed by atoms with E-state index in [-0.39, 0.29) is 5.78 Å². The normalized spacial score (nSPS) is 11.1. The third-order valence-electron chi connectivity index (χ3n) is 1.96. The van der Waals surface area contributed by atoms with Crippen molar-refractivity contribution in [3.05, 3.63) is 35.4 Å². The molecule has 1 rings (SSSR count). The molecule has 0 saturated heterocycles. The summed E-state index contributed by atoms with van der Waals surface area (Å²) in [4.78, 5) is 22.4. The summed E-state index contributed by atoms with van der Waals surface area (Å²) in [6.07, 6.45) is 1.78. The van der Waals surface area contributed by atoms with E-state index in [1.807, 2.05) is 20.8 Å². The van der Waals surface area contributed by atoms with Gasteiger partial charge in [-0.1, -0.05) is 45.0 Å². The zero-order valence-corrected chi connectivity index (χ0v) is 8.63. The average Bonchev–Trinajstić information content (AvgIpc) is 2.15. The van der Waals surface area contributed by atoms with Gasteiger partial charge in [-0.25, -0.2) is 0 Å². The van der Waals surface area contributed by atoms with E-state index in [4.69, 9.17) is 0 Å². The van der Waals surface area contributed by atoms with Gasteiger partial charge in [-0.3, -0.25) is 9.59 Å². The van der Waals surface area contributed by atoms with Gasteiger partial charge in [0.25, 0.3) is 0 Å². The number of Topliss-reactive ketones (excluding diaryl/α,β-unsaturated/α-hetero) is 1. The summed E-state index contributed by atoms with van der Waals surface area (Å²) in [5.41, 5.74) is 0.329. The van der Waals surface area contributed by atoms with Gasteiger partial charge in [-0.05, 0) is 0 Å². The van der Waals surface area contributed by atoms with Crippen LogP contribution >= 0.6 is 0 Å². The van der Waals surface area contributed by atoms with Crippen LogP contribution in [0, 0.1) is 5.41 Å². The van der Waals surface area contributed by atoms with Crippen molar-refractivity contribution in [1.82, 2.24) is 0 Å². The molecule has 1 radical (unpaired) electrons. The number of benzene rings is 1. The van der Waals surface area contributed by atoms with E-state index in [0.29, 0.717) is 11.1 Å². The first-order chi connectivity index (χ1) is 6.46. The van der Waals surface area contributed by atoms with Crippen molar-refractivity contribution in [2.24, 2.45) is 5.41 Å². The Bertz CT molecular complexity index is 359. The second-order valence-electron chi connectivity index (χ2n) is 4.23. The maximum atomic E-state index is 11.9. The van der Waals surface area contributed by atoms with Crippen LogP contribution in [0.2, 0.25) is 0 Å². The SMILES string of the molecule is CC(C)(C)C(=O)c1ccccc1[C]=O. The highest BCUT2D eigenvalue weighted by atomic mass is 16.1. The second-order valence-corrected chi connectivity index (χ2v) is 4.23. The fourth-order valence-electron chi connectivity index (χ4n) is 1.17. The molecule has 0 heterocycles. The topological polar surface area (TPSA) is 34.1 Å². The first-order valence-electron chi connectivity index (χ1n) is 4.49. The highest BCUT2D eigenvalue weighted by molar-refractivity contribution is 6.05. The van der Waals surface area contributed by atoms with E-state index in [2.05, 4.69) is 0 Å². The lowest BCUT2D eigenvalue weighted by Crippen LogP contribution is -2.21. The minimum Gasteiger partial charge on any atom is -0.294 e. The lowest BCUT2D eigenvalue weighted by atomic mass is 9.85. The molecule has 0 fully saturated rings. The Kier molecular flexibility index (Phi) is 2.84. The molecule has 0 aliphatic heterocycles. The molecule has 2 nitrogen and oxygen atoms in total. The molecule has 1 aromatic rings. The zero-order valence-electron chi connectivity index (χ0n) is 8.63. The summed E-state index contributed by atoms with van der Waals surface area (Å²) in [6, 6.07) is 6.74. The van der Waals surface area contributed by atoms with Crippen LogP contribution in [0.25, 0.3) is 0 Å². The molecule has 0 saturated carbocycles. The predicted octanol–water partition coefficient (Wildman–Crippen LogP) is 2.37. The van der Waals surface area contributed by atoms with E-state index in [1.54, 1.807) is 30.6 Å². The van der Waals surface area contributed by atoms with Crippen LogP contribution in [0.1, 0.15) is 36.7 Å². The van der Waals surface area contributed by atoms with Gasteiger partial charge >= 0.3 is 0 Å². The van der Waals surface area contributed by atoms with Crippen LogP contribution in [-0.4, -0.2) is 12.1 Å². The Labute approximate surface area is 83.9 Å². The molecule has 0 amide bonds. The highest BCUT2D eigenvalue weighted by Gasteiger charge is 2.24. The fraction of sp³-hybridized carbons (Fsp3) is 0.333. The van der Waals surface area contributed by atoms with Crippen LogP contribution in [0.3, 0.4) is 0 Å². The van der Waals surface area contributed by atoms with Gasteiger partial charge in [0.1, 0.15) is 0 Å². The first kappa shape index (κ1) is 10.6. The zero-order chi connectivity index (χ0) is 10.8. The fourth-order valence-corrected chi connectivity index (χ4v) is 1.17. The molecule has 2 heteroatoms. The molecule has 0 unspecified atom stereocenters. The third kappa shape index (κ3) is 2.08. The van der Waals surface area contributed by atoms with Crippen molar-refractivity contribution >= 4 is 12.1 Å². The molecule has 0 atom stereocenters. The first-order valence-corrected chi connectivity index (χ1v) is 4.49. The molecular weight excluding hydrogens is 176 g/mol. The van der Waals surface area contributed by atoms with Crippen molar-refractivity contribution in [2.75, 3.05) is 0 Å². The Hall–Kier alpha value is -1.44. The van der Waals surface area contributed by atoms with E-state index in [9.17, 15) is 9.59 Å². The number of hydrogen-bond donors (Lipinski definition) is 0. The Morgan fingerprint density at radius 1 is 1.21 bits per heavy atom. The van der Waals surface area contributed by atoms with Crippen molar-refractivity contribution in [3.8, 4) is 0 Å². The van der Waals surface area contributed by atoms with Crippen molar-refractivity contribution < 1.29 is 9.59 Å². The summed E-state index contributed by atoms with van der Waals surface area (Å²) in [7, 11) is 0. The maximum Gasteiger partial charge on any atom is 0.234 e. The van der Waals surface area contributed by atoms with Gasteiger partial charge in [0.2, 0.25) is 6.29 Å².